The second kappa shape index (κ2) is 12.0. The molecule has 1 aromatic rings. The van der Waals surface area contributed by atoms with Gasteiger partial charge in [-0.25, -0.2) is 4.98 Å². The highest BCUT2D eigenvalue weighted by molar-refractivity contribution is 14.0. The summed E-state index contributed by atoms with van der Waals surface area (Å²) in [6.07, 6.45) is 1.92. The summed E-state index contributed by atoms with van der Waals surface area (Å²) in [6.45, 7) is 10.7. The maximum Gasteiger partial charge on any atom is 0.188 e. The summed E-state index contributed by atoms with van der Waals surface area (Å²) in [7, 11) is 0. The number of nitrogens with one attached hydrogen (secondary N) is 1. The largest absolute Gasteiger partial charge is 0.379 e. The third-order valence-corrected chi connectivity index (χ3v) is 4.96. The maximum atomic E-state index is 5.90. The molecule has 24 heavy (non-hydrogen) atoms. The van der Waals surface area contributed by atoms with Crippen molar-refractivity contribution in [3.63, 3.8) is 0 Å². The van der Waals surface area contributed by atoms with Crippen LogP contribution in [-0.2, 0) is 11.2 Å². The van der Waals surface area contributed by atoms with Crippen LogP contribution in [0.15, 0.2) is 10.4 Å². The van der Waals surface area contributed by atoms with Crippen LogP contribution in [0, 0.1) is 0 Å². The third kappa shape index (κ3) is 8.09. The van der Waals surface area contributed by atoms with Crippen LogP contribution in [0.25, 0.3) is 0 Å². The maximum absolute atomic E-state index is 5.90. The van der Waals surface area contributed by atoms with Gasteiger partial charge in [-0.1, -0.05) is 13.8 Å². The third-order valence-electron chi connectivity index (χ3n) is 3.77. The second-order valence-corrected chi connectivity index (χ2v) is 6.97. The van der Waals surface area contributed by atoms with E-state index in [1.807, 2.05) is 0 Å². The van der Waals surface area contributed by atoms with Crippen molar-refractivity contribution < 1.29 is 4.74 Å². The van der Waals surface area contributed by atoms with Gasteiger partial charge in [0.1, 0.15) is 0 Å². The second-order valence-electron chi connectivity index (χ2n) is 6.08. The number of ether oxygens (including phenoxy) is 1. The zero-order valence-electron chi connectivity index (χ0n) is 14.7. The molecule has 0 aromatic carbocycles. The molecule has 0 spiro atoms. The number of nitrogens with zero attached hydrogens (tertiary/aromatic N) is 3. The highest BCUT2D eigenvalue weighted by Crippen LogP contribution is 2.19. The Hall–Kier alpha value is -0.450. The Morgan fingerprint density at radius 3 is 2.88 bits per heavy atom. The van der Waals surface area contributed by atoms with Gasteiger partial charge < -0.3 is 15.8 Å². The highest BCUT2D eigenvalue weighted by Gasteiger charge is 2.09. The van der Waals surface area contributed by atoms with E-state index >= 15 is 0 Å². The Bertz CT molecular complexity index is 489. The normalized spacial score (nSPS) is 16.2. The van der Waals surface area contributed by atoms with Gasteiger partial charge in [0, 0.05) is 50.4 Å². The van der Waals surface area contributed by atoms with E-state index in [1.165, 1.54) is 5.01 Å². The summed E-state index contributed by atoms with van der Waals surface area (Å²) in [6, 6.07) is 0. The minimum atomic E-state index is 0. The van der Waals surface area contributed by atoms with Crippen molar-refractivity contribution in [3.8, 4) is 0 Å². The van der Waals surface area contributed by atoms with Gasteiger partial charge in [-0.3, -0.25) is 9.89 Å². The predicted octanol–water partition coefficient (Wildman–Crippen LogP) is 2.05. The molecule has 0 unspecified atom stereocenters. The minimum absolute atomic E-state index is 0. The van der Waals surface area contributed by atoms with Crippen molar-refractivity contribution in [3.05, 3.63) is 16.1 Å². The first-order valence-corrected chi connectivity index (χ1v) is 9.31. The molecule has 0 amide bonds. The molecule has 6 nitrogen and oxygen atoms in total. The van der Waals surface area contributed by atoms with Crippen molar-refractivity contribution in [1.29, 1.82) is 0 Å². The summed E-state index contributed by atoms with van der Waals surface area (Å²) >= 11 is 1.73. The first-order chi connectivity index (χ1) is 11.1. The molecule has 0 saturated carbocycles. The van der Waals surface area contributed by atoms with E-state index < -0.39 is 0 Å². The SMILES string of the molecule is CC(C)c1nc(CCNC(N)=NCCCN2CCOCC2)cs1.I. The molecule has 3 N–H and O–H groups in total. The van der Waals surface area contributed by atoms with Crippen molar-refractivity contribution in [2.45, 2.75) is 32.6 Å². The number of hydrogen-bond donors (Lipinski definition) is 2. The number of morpholine rings is 1. The Morgan fingerprint density at radius 2 is 2.21 bits per heavy atom. The Morgan fingerprint density at radius 1 is 1.46 bits per heavy atom. The molecule has 1 aliphatic heterocycles. The van der Waals surface area contributed by atoms with E-state index in [2.05, 4.69) is 39.4 Å². The topological polar surface area (TPSA) is 75.8 Å². The van der Waals surface area contributed by atoms with Crippen LogP contribution in [0.2, 0.25) is 0 Å². The van der Waals surface area contributed by atoms with Crippen molar-refractivity contribution >= 4 is 41.3 Å². The molecule has 0 atom stereocenters. The number of aromatic nitrogens is 1. The number of aliphatic imine (C=N–C) groups is 1. The van der Waals surface area contributed by atoms with Crippen LogP contribution in [0.5, 0.6) is 0 Å². The van der Waals surface area contributed by atoms with Gasteiger partial charge in [-0.15, -0.1) is 35.3 Å². The van der Waals surface area contributed by atoms with E-state index in [9.17, 15) is 0 Å². The Kier molecular flexibility index (Phi) is 10.8. The summed E-state index contributed by atoms with van der Waals surface area (Å²) in [4.78, 5) is 11.4. The van der Waals surface area contributed by atoms with Crippen LogP contribution in [0.1, 0.15) is 36.9 Å². The monoisotopic (exact) mass is 467 g/mol. The van der Waals surface area contributed by atoms with E-state index in [0.29, 0.717) is 11.9 Å². The molecule has 1 saturated heterocycles. The Balaban J connectivity index is 0.00000288. The molecule has 0 bridgehead atoms. The standard InChI is InChI=1S/C16H29N5OS.HI/c1-13(2)15-20-14(12-23-15)4-6-19-16(17)18-5-3-7-21-8-10-22-11-9-21;/h12-13H,3-11H2,1-2H3,(H3,17,18,19);1H. The van der Waals surface area contributed by atoms with E-state index in [-0.39, 0.29) is 24.0 Å². The molecule has 2 rings (SSSR count). The van der Waals surface area contributed by atoms with Crippen molar-refractivity contribution in [2.24, 2.45) is 10.7 Å². The minimum Gasteiger partial charge on any atom is -0.379 e. The summed E-state index contributed by atoms with van der Waals surface area (Å²) in [5.74, 6) is 1.03. The summed E-state index contributed by atoms with van der Waals surface area (Å²) < 4.78 is 5.34. The Labute approximate surface area is 166 Å². The van der Waals surface area contributed by atoms with E-state index in [4.69, 9.17) is 10.5 Å². The van der Waals surface area contributed by atoms with Gasteiger partial charge in [0.15, 0.2) is 5.96 Å². The molecule has 0 aliphatic carbocycles. The molecule has 8 heteroatoms. The lowest BCUT2D eigenvalue weighted by Crippen LogP contribution is -2.37. The summed E-state index contributed by atoms with van der Waals surface area (Å²) in [5.41, 5.74) is 7.03. The predicted molar refractivity (Wildman–Crippen MR) is 112 cm³/mol. The highest BCUT2D eigenvalue weighted by atomic mass is 127. The number of guanidine groups is 1. The zero-order valence-corrected chi connectivity index (χ0v) is 17.8. The lowest BCUT2D eigenvalue weighted by Gasteiger charge is -2.26. The van der Waals surface area contributed by atoms with Crippen LogP contribution < -0.4 is 11.1 Å². The molecule has 1 aliphatic rings. The van der Waals surface area contributed by atoms with Gasteiger partial charge >= 0.3 is 0 Å². The van der Waals surface area contributed by atoms with Gasteiger partial charge in [-0.05, 0) is 6.42 Å². The first-order valence-electron chi connectivity index (χ1n) is 8.43. The number of hydrogen-bond acceptors (Lipinski definition) is 5. The molecule has 0 radical (unpaired) electrons. The lowest BCUT2D eigenvalue weighted by atomic mass is 10.2. The molecule has 1 aromatic heterocycles. The molecule has 1 fully saturated rings. The van der Waals surface area contributed by atoms with Crippen molar-refractivity contribution in [2.75, 3.05) is 45.9 Å². The van der Waals surface area contributed by atoms with Crippen molar-refractivity contribution in [1.82, 2.24) is 15.2 Å². The zero-order chi connectivity index (χ0) is 16.5. The first kappa shape index (κ1) is 21.6. The van der Waals surface area contributed by atoms with Gasteiger partial charge in [0.25, 0.3) is 0 Å². The average molecular weight is 467 g/mol. The number of thiazole rings is 1. The lowest BCUT2D eigenvalue weighted by molar-refractivity contribution is 0.0377. The van der Waals surface area contributed by atoms with Crippen LogP contribution >= 0.6 is 35.3 Å². The smallest absolute Gasteiger partial charge is 0.188 e. The van der Waals surface area contributed by atoms with Gasteiger partial charge in [0.2, 0.25) is 0 Å². The van der Waals surface area contributed by atoms with E-state index in [0.717, 1.165) is 64.5 Å². The van der Waals surface area contributed by atoms with Crippen LogP contribution in [0.4, 0.5) is 0 Å². The summed E-state index contributed by atoms with van der Waals surface area (Å²) in [5, 5.41) is 6.50. The fraction of sp³-hybridized carbons (Fsp3) is 0.750. The van der Waals surface area contributed by atoms with Gasteiger partial charge in [0.05, 0.1) is 23.9 Å². The molecule has 2 heterocycles. The van der Waals surface area contributed by atoms with Crippen LogP contribution in [0.3, 0.4) is 0 Å². The number of halogens is 1. The number of nitrogens with two attached hydrogens (primary N) is 1. The molecule has 138 valence electrons. The molecular weight excluding hydrogens is 437 g/mol. The quantitative estimate of drug-likeness (QED) is 0.265. The fourth-order valence-electron chi connectivity index (χ4n) is 2.40. The fourth-order valence-corrected chi connectivity index (χ4v) is 3.27. The average Bonchev–Trinajstić information content (AvgIpc) is 3.02. The van der Waals surface area contributed by atoms with E-state index in [1.54, 1.807) is 11.3 Å². The number of rotatable bonds is 8. The van der Waals surface area contributed by atoms with Crippen LogP contribution in [-0.4, -0.2) is 61.8 Å². The van der Waals surface area contributed by atoms with Gasteiger partial charge in [-0.2, -0.15) is 0 Å². The molecular formula is C16H30IN5OS.